The molecule has 1 heterocycles. The lowest BCUT2D eigenvalue weighted by atomic mass is 10.1. The monoisotopic (exact) mass is 317 g/mol. The van der Waals surface area contributed by atoms with Crippen molar-refractivity contribution >= 4 is 23.4 Å². The Hall–Kier alpha value is -2.34. The molecule has 1 saturated heterocycles. The zero-order valence-corrected chi connectivity index (χ0v) is 12.7. The Labute approximate surface area is 132 Å². The van der Waals surface area contributed by atoms with Gasteiger partial charge in [0.15, 0.2) is 11.5 Å². The van der Waals surface area contributed by atoms with E-state index >= 15 is 0 Å². The maximum absolute atomic E-state index is 12.2. The molecule has 1 unspecified atom stereocenters. The van der Waals surface area contributed by atoms with Crippen LogP contribution in [0.5, 0.6) is 17.2 Å². The van der Waals surface area contributed by atoms with E-state index in [-0.39, 0.29) is 22.8 Å². The SMILES string of the molecule is COc1cc(C2SCC(=O)N2c2ccc(O)cc2)ccc1O. The van der Waals surface area contributed by atoms with Crippen LogP contribution in [0.25, 0.3) is 0 Å². The molecule has 1 atom stereocenters. The van der Waals surface area contributed by atoms with Crippen molar-refractivity contribution < 1.29 is 19.7 Å². The van der Waals surface area contributed by atoms with Crippen LogP contribution in [0.1, 0.15) is 10.9 Å². The number of carbonyl (C=O) groups excluding carboxylic acids is 1. The van der Waals surface area contributed by atoms with Crippen molar-refractivity contribution in [2.75, 3.05) is 17.8 Å². The number of hydrogen-bond acceptors (Lipinski definition) is 5. The number of phenols is 2. The van der Waals surface area contributed by atoms with Crippen LogP contribution < -0.4 is 9.64 Å². The molecule has 22 heavy (non-hydrogen) atoms. The highest BCUT2D eigenvalue weighted by Crippen LogP contribution is 2.43. The van der Waals surface area contributed by atoms with Gasteiger partial charge in [-0.2, -0.15) is 0 Å². The van der Waals surface area contributed by atoms with Gasteiger partial charge in [-0.3, -0.25) is 9.69 Å². The zero-order chi connectivity index (χ0) is 15.7. The number of nitrogens with zero attached hydrogens (tertiary/aromatic N) is 1. The summed E-state index contributed by atoms with van der Waals surface area (Å²) in [6.45, 7) is 0. The highest BCUT2D eigenvalue weighted by molar-refractivity contribution is 8.00. The fourth-order valence-corrected chi connectivity index (χ4v) is 3.58. The van der Waals surface area contributed by atoms with Gasteiger partial charge in [-0.15, -0.1) is 11.8 Å². The van der Waals surface area contributed by atoms with Gasteiger partial charge >= 0.3 is 0 Å². The molecule has 114 valence electrons. The predicted molar refractivity (Wildman–Crippen MR) is 85.5 cm³/mol. The van der Waals surface area contributed by atoms with Crippen molar-refractivity contribution in [2.45, 2.75) is 5.37 Å². The molecule has 5 nitrogen and oxygen atoms in total. The lowest BCUT2D eigenvalue weighted by Crippen LogP contribution is -2.27. The number of methoxy groups -OCH3 is 1. The van der Waals surface area contributed by atoms with Crippen molar-refractivity contribution in [3.05, 3.63) is 48.0 Å². The van der Waals surface area contributed by atoms with Crippen LogP contribution in [0.15, 0.2) is 42.5 Å². The highest BCUT2D eigenvalue weighted by atomic mass is 32.2. The molecule has 0 aliphatic carbocycles. The first kappa shape index (κ1) is 14.6. The highest BCUT2D eigenvalue weighted by Gasteiger charge is 2.34. The molecule has 3 rings (SSSR count). The van der Waals surface area contributed by atoms with Gasteiger partial charge in [0.1, 0.15) is 11.1 Å². The van der Waals surface area contributed by atoms with Gasteiger partial charge in [-0.05, 0) is 42.0 Å². The summed E-state index contributed by atoms with van der Waals surface area (Å²) in [5, 5.41) is 18.9. The van der Waals surface area contributed by atoms with E-state index in [1.165, 1.54) is 18.9 Å². The second-order valence-electron chi connectivity index (χ2n) is 4.87. The van der Waals surface area contributed by atoms with Gasteiger partial charge < -0.3 is 14.9 Å². The average Bonchev–Trinajstić information content (AvgIpc) is 2.90. The van der Waals surface area contributed by atoms with Crippen LogP contribution in [0, 0.1) is 0 Å². The van der Waals surface area contributed by atoms with Crippen molar-refractivity contribution in [2.24, 2.45) is 0 Å². The molecule has 0 spiro atoms. The quantitative estimate of drug-likeness (QED) is 0.911. The summed E-state index contributed by atoms with van der Waals surface area (Å²) in [5.41, 5.74) is 1.60. The Morgan fingerprint density at radius 3 is 2.59 bits per heavy atom. The molecule has 0 aromatic heterocycles. The minimum Gasteiger partial charge on any atom is -0.508 e. The lowest BCUT2D eigenvalue weighted by Gasteiger charge is -2.24. The third-order valence-electron chi connectivity index (χ3n) is 3.48. The van der Waals surface area contributed by atoms with E-state index in [0.717, 1.165) is 11.3 Å². The van der Waals surface area contributed by atoms with E-state index < -0.39 is 0 Å². The summed E-state index contributed by atoms with van der Waals surface area (Å²) in [4.78, 5) is 13.9. The predicted octanol–water partition coefficient (Wildman–Crippen LogP) is 2.89. The summed E-state index contributed by atoms with van der Waals surface area (Å²) in [6, 6.07) is 11.6. The second kappa shape index (κ2) is 5.81. The van der Waals surface area contributed by atoms with E-state index in [2.05, 4.69) is 0 Å². The number of phenolic OH excluding ortho intramolecular Hbond substituents is 2. The summed E-state index contributed by atoms with van der Waals surface area (Å²) in [7, 11) is 1.49. The Bertz CT molecular complexity index is 702. The second-order valence-corrected chi connectivity index (χ2v) is 5.94. The number of aromatic hydroxyl groups is 2. The number of rotatable bonds is 3. The summed E-state index contributed by atoms with van der Waals surface area (Å²) in [5.74, 6) is 0.993. The largest absolute Gasteiger partial charge is 0.508 e. The molecule has 1 fully saturated rings. The van der Waals surface area contributed by atoms with Crippen LogP contribution in [0.4, 0.5) is 5.69 Å². The lowest BCUT2D eigenvalue weighted by molar-refractivity contribution is -0.115. The van der Waals surface area contributed by atoms with Gasteiger partial charge in [0.25, 0.3) is 0 Å². The van der Waals surface area contributed by atoms with E-state index in [1.807, 2.05) is 0 Å². The van der Waals surface area contributed by atoms with Crippen LogP contribution in [0.3, 0.4) is 0 Å². The Kier molecular flexibility index (Phi) is 3.85. The molecular formula is C16H15NO4S. The van der Waals surface area contributed by atoms with Crippen LogP contribution >= 0.6 is 11.8 Å². The van der Waals surface area contributed by atoms with Crippen molar-refractivity contribution in [1.29, 1.82) is 0 Å². The Morgan fingerprint density at radius 2 is 1.91 bits per heavy atom. The molecule has 0 saturated carbocycles. The maximum atomic E-state index is 12.2. The number of benzene rings is 2. The molecule has 1 aliphatic heterocycles. The number of thioether (sulfide) groups is 1. The van der Waals surface area contributed by atoms with Crippen LogP contribution in [-0.2, 0) is 4.79 Å². The van der Waals surface area contributed by atoms with Crippen LogP contribution in [-0.4, -0.2) is 29.0 Å². The average molecular weight is 317 g/mol. The first-order valence-corrected chi connectivity index (χ1v) is 7.74. The number of carbonyl (C=O) groups is 1. The van der Waals surface area contributed by atoms with E-state index in [1.54, 1.807) is 47.4 Å². The molecule has 2 aromatic carbocycles. The molecule has 1 amide bonds. The first-order valence-electron chi connectivity index (χ1n) is 6.70. The third kappa shape index (κ3) is 2.57. The maximum Gasteiger partial charge on any atom is 0.238 e. The molecule has 2 aromatic rings. The summed E-state index contributed by atoms with van der Waals surface area (Å²) >= 11 is 1.51. The molecule has 2 N–H and O–H groups in total. The third-order valence-corrected chi connectivity index (χ3v) is 4.70. The first-order chi connectivity index (χ1) is 10.6. The smallest absolute Gasteiger partial charge is 0.238 e. The van der Waals surface area contributed by atoms with Gasteiger partial charge in [-0.1, -0.05) is 6.07 Å². The summed E-state index contributed by atoms with van der Waals surface area (Å²) < 4.78 is 5.13. The fraction of sp³-hybridized carbons (Fsp3) is 0.188. The molecular weight excluding hydrogens is 302 g/mol. The number of ether oxygens (including phenoxy) is 1. The van der Waals surface area contributed by atoms with E-state index in [0.29, 0.717) is 11.5 Å². The molecule has 1 aliphatic rings. The topological polar surface area (TPSA) is 70.0 Å². The van der Waals surface area contributed by atoms with E-state index in [9.17, 15) is 15.0 Å². The number of anilines is 1. The fourth-order valence-electron chi connectivity index (χ4n) is 2.41. The van der Waals surface area contributed by atoms with Crippen LogP contribution in [0.2, 0.25) is 0 Å². The van der Waals surface area contributed by atoms with Gasteiger partial charge in [0, 0.05) is 5.69 Å². The van der Waals surface area contributed by atoms with E-state index in [4.69, 9.17) is 4.74 Å². The van der Waals surface area contributed by atoms with Gasteiger partial charge in [-0.25, -0.2) is 0 Å². The van der Waals surface area contributed by atoms with Gasteiger partial charge in [0.05, 0.1) is 12.9 Å². The molecule has 6 heteroatoms. The Balaban J connectivity index is 1.98. The van der Waals surface area contributed by atoms with Crippen molar-refractivity contribution in [3.63, 3.8) is 0 Å². The van der Waals surface area contributed by atoms with Crippen molar-refractivity contribution in [1.82, 2.24) is 0 Å². The van der Waals surface area contributed by atoms with Crippen molar-refractivity contribution in [3.8, 4) is 17.2 Å². The standard InChI is InChI=1S/C16H15NO4S/c1-21-14-8-10(2-7-13(14)19)16-17(15(20)9-22-16)11-3-5-12(18)6-4-11/h2-8,16,18-19H,9H2,1H3. The number of amides is 1. The zero-order valence-electron chi connectivity index (χ0n) is 11.9. The van der Waals surface area contributed by atoms with Gasteiger partial charge in [0.2, 0.25) is 5.91 Å². The number of hydrogen-bond donors (Lipinski definition) is 2. The molecule has 0 radical (unpaired) electrons. The minimum atomic E-state index is -0.188. The normalized spacial score (nSPS) is 17.8. The summed E-state index contributed by atoms with van der Waals surface area (Å²) in [6.07, 6.45) is 0. The molecule has 0 bridgehead atoms. The Morgan fingerprint density at radius 1 is 1.18 bits per heavy atom. The minimum absolute atomic E-state index is 0.00716.